The highest BCUT2D eigenvalue weighted by Gasteiger charge is 2.19. The molecule has 182 valence electrons. The van der Waals surface area contributed by atoms with Crippen molar-refractivity contribution in [2.24, 2.45) is 0 Å². The van der Waals surface area contributed by atoms with Crippen molar-refractivity contribution in [2.45, 2.75) is 30.4 Å². The van der Waals surface area contributed by atoms with Gasteiger partial charge in [-0.05, 0) is 54.8 Å². The molecule has 5 nitrogen and oxygen atoms in total. The zero-order valence-corrected chi connectivity index (χ0v) is 20.9. The smallest absolute Gasteiger partial charge is 0.256 e. The number of amides is 1. The number of ether oxygens (including phenoxy) is 1. The summed E-state index contributed by atoms with van der Waals surface area (Å²) in [5.41, 5.74) is 4.11. The van der Waals surface area contributed by atoms with E-state index < -0.39 is 0 Å². The predicted molar refractivity (Wildman–Crippen MR) is 144 cm³/mol. The molecule has 0 aliphatic carbocycles. The summed E-state index contributed by atoms with van der Waals surface area (Å²) in [5.74, 6) is 0.820. The molecular formula is C29H33N3O2S. The topological polar surface area (TPSA) is 44.8 Å². The monoisotopic (exact) mass is 487 g/mol. The first-order valence-corrected chi connectivity index (χ1v) is 13.5. The van der Waals surface area contributed by atoms with E-state index in [1.165, 1.54) is 11.3 Å². The molecule has 0 aromatic heterocycles. The molecule has 0 saturated carbocycles. The molecule has 6 heteroatoms. The molecule has 5 rings (SSSR count). The van der Waals surface area contributed by atoms with Crippen molar-refractivity contribution < 1.29 is 9.53 Å². The van der Waals surface area contributed by atoms with Crippen molar-refractivity contribution in [1.29, 1.82) is 0 Å². The number of benzene rings is 3. The largest absolute Gasteiger partial charge is 0.377 e. The van der Waals surface area contributed by atoms with Crippen LogP contribution in [0, 0.1) is 0 Å². The summed E-state index contributed by atoms with van der Waals surface area (Å²) in [6, 6.07) is 26.7. The van der Waals surface area contributed by atoms with E-state index in [9.17, 15) is 4.79 Å². The summed E-state index contributed by atoms with van der Waals surface area (Å²) >= 11 is 1.71. The van der Waals surface area contributed by atoms with E-state index in [1.807, 2.05) is 36.4 Å². The maximum absolute atomic E-state index is 13.0. The van der Waals surface area contributed by atoms with Crippen LogP contribution in [0.2, 0.25) is 0 Å². The Hall–Kier alpha value is -2.80. The fourth-order valence-electron chi connectivity index (χ4n) is 4.70. The molecule has 3 aromatic rings. The Labute approximate surface area is 212 Å². The van der Waals surface area contributed by atoms with Gasteiger partial charge in [-0.2, -0.15) is 0 Å². The van der Waals surface area contributed by atoms with Crippen LogP contribution in [0.5, 0.6) is 0 Å². The summed E-state index contributed by atoms with van der Waals surface area (Å²) in [6.07, 6.45) is 2.53. The lowest BCUT2D eigenvalue weighted by Crippen LogP contribution is -2.45. The average molecular weight is 488 g/mol. The normalized spacial score (nSPS) is 18.5. The van der Waals surface area contributed by atoms with Crippen molar-refractivity contribution in [1.82, 2.24) is 4.90 Å². The minimum absolute atomic E-state index is 0.0669. The van der Waals surface area contributed by atoms with Gasteiger partial charge in [0.2, 0.25) is 0 Å². The summed E-state index contributed by atoms with van der Waals surface area (Å²) in [6.45, 7) is 5.98. The lowest BCUT2D eigenvalue weighted by molar-refractivity contribution is 0.102. The standard InChI is InChI=1S/C29H33N3O2S/c33-29(27-10-4-5-11-28(27)35-22-26-9-6-20-34-26)30-24-12-14-25(15-13-24)32-18-16-31(17-19-32)21-23-7-2-1-3-8-23/h1-5,7-8,10-15,26H,6,9,16-22H2,(H,30,33)/t26-/m0/s1. The Balaban J connectivity index is 1.14. The van der Waals surface area contributed by atoms with E-state index in [4.69, 9.17) is 4.74 Å². The Morgan fingerprint density at radius 3 is 2.40 bits per heavy atom. The minimum atomic E-state index is -0.0669. The van der Waals surface area contributed by atoms with Gasteiger partial charge in [-0.3, -0.25) is 9.69 Å². The number of nitrogens with one attached hydrogen (secondary N) is 1. The van der Waals surface area contributed by atoms with E-state index in [0.29, 0.717) is 11.7 Å². The lowest BCUT2D eigenvalue weighted by atomic mass is 10.1. The van der Waals surface area contributed by atoms with Crippen LogP contribution in [0.15, 0.2) is 83.8 Å². The molecule has 2 aliphatic rings. The molecule has 3 aromatic carbocycles. The molecular weight excluding hydrogens is 454 g/mol. The minimum Gasteiger partial charge on any atom is -0.377 e. The van der Waals surface area contributed by atoms with Crippen molar-refractivity contribution in [3.05, 3.63) is 90.0 Å². The number of anilines is 2. The highest BCUT2D eigenvalue weighted by molar-refractivity contribution is 7.99. The zero-order chi connectivity index (χ0) is 23.9. The molecule has 2 aliphatic heterocycles. The number of carbonyl (C=O) groups is 1. The Morgan fingerprint density at radius 1 is 0.914 bits per heavy atom. The van der Waals surface area contributed by atoms with E-state index in [2.05, 4.69) is 57.6 Å². The summed E-state index contributed by atoms with van der Waals surface area (Å²) in [7, 11) is 0. The molecule has 0 unspecified atom stereocenters. The van der Waals surface area contributed by atoms with Crippen LogP contribution in [0.3, 0.4) is 0 Å². The van der Waals surface area contributed by atoms with Gasteiger partial charge in [0, 0.05) is 61.4 Å². The summed E-state index contributed by atoms with van der Waals surface area (Å²) in [4.78, 5) is 19.0. The maximum atomic E-state index is 13.0. The van der Waals surface area contributed by atoms with Gasteiger partial charge < -0.3 is 15.0 Å². The van der Waals surface area contributed by atoms with E-state index >= 15 is 0 Å². The number of piperazine rings is 1. The van der Waals surface area contributed by atoms with Crippen molar-refractivity contribution in [2.75, 3.05) is 48.8 Å². The van der Waals surface area contributed by atoms with Crippen LogP contribution < -0.4 is 10.2 Å². The van der Waals surface area contributed by atoms with Gasteiger partial charge in [0.1, 0.15) is 0 Å². The zero-order valence-electron chi connectivity index (χ0n) is 20.1. The summed E-state index contributed by atoms with van der Waals surface area (Å²) in [5, 5.41) is 3.08. The Kier molecular flexibility index (Phi) is 8.03. The van der Waals surface area contributed by atoms with Gasteiger partial charge in [0.25, 0.3) is 5.91 Å². The molecule has 0 radical (unpaired) electrons. The Bertz CT molecular complexity index is 1090. The van der Waals surface area contributed by atoms with Crippen LogP contribution in [0.1, 0.15) is 28.8 Å². The van der Waals surface area contributed by atoms with Gasteiger partial charge in [-0.15, -0.1) is 11.8 Å². The molecule has 0 bridgehead atoms. The first-order valence-electron chi connectivity index (χ1n) is 12.5. The van der Waals surface area contributed by atoms with Crippen molar-refractivity contribution in [3.8, 4) is 0 Å². The highest BCUT2D eigenvalue weighted by Crippen LogP contribution is 2.28. The van der Waals surface area contributed by atoms with Gasteiger partial charge in [0.05, 0.1) is 11.7 Å². The lowest BCUT2D eigenvalue weighted by Gasteiger charge is -2.36. The molecule has 35 heavy (non-hydrogen) atoms. The second kappa shape index (κ2) is 11.8. The van der Waals surface area contributed by atoms with Gasteiger partial charge in [0.15, 0.2) is 0 Å². The van der Waals surface area contributed by atoms with E-state index in [-0.39, 0.29) is 5.91 Å². The molecule has 2 heterocycles. The van der Waals surface area contributed by atoms with Gasteiger partial charge in [-0.1, -0.05) is 42.5 Å². The maximum Gasteiger partial charge on any atom is 0.256 e. The third kappa shape index (κ3) is 6.45. The van der Waals surface area contributed by atoms with Gasteiger partial charge in [-0.25, -0.2) is 0 Å². The predicted octanol–water partition coefficient (Wildman–Crippen LogP) is 5.53. The second-order valence-corrected chi connectivity index (χ2v) is 10.3. The second-order valence-electron chi connectivity index (χ2n) is 9.19. The number of thioether (sulfide) groups is 1. The fraction of sp³-hybridized carbons (Fsp3) is 0.345. The number of hydrogen-bond donors (Lipinski definition) is 1. The molecule has 1 N–H and O–H groups in total. The van der Waals surface area contributed by atoms with Crippen molar-refractivity contribution >= 4 is 29.0 Å². The number of hydrogen-bond acceptors (Lipinski definition) is 5. The fourth-order valence-corrected chi connectivity index (χ4v) is 5.82. The van der Waals surface area contributed by atoms with Crippen LogP contribution in [-0.2, 0) is 11.3 Å². The first-order chi connectivity index (χ1) is 17.2. The molecule has 0 spiro atoms. The third-order valence-electron chi connectivity index (χ3n) is 6.69. The number of rotatable bonds is 8. The van der Waals surface area contributed by atoms with Crippen LogP contribution in [0.4, 0.5) is 11.4 Å². The van der Waals surface area contributed by atoms with Crippen LogP contribution in [-0.4, -0.2) is 55.4 Å². The van der Waals surface area contributed by atoms with E-state index in [1.54, 1.807) is 11.8 Å². The SMILES string of the molecule is O=C(Nc1ccc(N2CCN(Cc3ccccc3)CC2)cc1)c1ccccc1SC[C@@H]1CCCO1. The van der Waals surface area contributed by atoms with Gasteiger partial charge >= 0.3 is 0 Å². The van der Waals surface area contributed by atoms with Crippen molar-refractivity contribution in [3.63, 3.8) is 0 Å². The quantitative estimate of drug-likeness (QED) is 0.423. The molecule has 1 amide bonds. The van der Waals surface area contributed by atoms with E-state index in [0.717, 1.165) is 68.5 Å². The van der Waals surface area contributed by atoms with Crippen LogP contribution >= 0.6 is 11.8 Å². The molecule has 2 saturated heterocycles. The number of carbonyl (C=O) groups excluding carboxylic acids is 1. The number of nitrogens with zero attached hydrogens (tertiary/aromatic N) is 2. The highest BCUT2D eigenvalue weighted by atomic mass is 32.2. The molecule has 2 fully saturated rings. The first kappa shape index (κ1) is 23.9. The third-order valence-corrected chi connectivity index (χ3v) is 7.90. The molecule has 1 atom stereocenters. The Morgan fingerprint density at radius 2 is 1.66 bits per heavy atom. The summed E-state index contributed by atoms with van der Waals surface area (Å²) < 4.78 is 5.74. The van der Waals surface area contributed by atoms with Crippen LogP contribution in [0.25, 0.3) is 0 Å². The average Bonchev–Trinajstić information content (AvgIpc) is 3.43.